The highest BCUT2D eigenvalue weighted by Gasteiger charge is 2.34. The Labute approximate surface area is 215 Å². The molecule has 0 radical (unpaired) electrons. The molecule has 3 aromatic rings. The van der Waals surface area contributed by atoms with Crippen molar-refractivity contribution < 1.29 is 28.6 Å². The minimum absolute atomic E-state index is 0.0773. The van der Waals surface area contributed by atoms with Crippen molar-refractivity contribution >= 4 is 23.4 Å². The zero-order valence-electron chi connectivity index (χ0n) is 20.9. The average molecular weight is 501 g/mol. The maximum atomic E-state index is 13.0. The summed E-state index contributed by atoms with van der Waals surface area (Å²) in [5, 5.41) is 2.58. The Balaban J connectivity index is 1.53. The monoisotopic (exact) mass is 500 g/mol. The molecule has 0 unspecified atom stereocenters. The molecular weight excluding hydrogens is 472 g/mol. The Morgan fingerprint density at radius 2 is 1.54 bits per heavy atom. The topological polar surface area (TPSA) is 104 Å². The van der Waals surface area contributed by atoms with E-state index in [9.17, 15) is 14.4 Å². The van der Waals surface area contributed by atoms with Crippen LogP contribution in [0.5, 0.6) is 11.5 Å². The first-order valence-electron chi connectivity index (χ1n) is 12.0. The number of ether oxygens (including phenoxy) is 3. The molecule has 8 heteroatoms. The highest BCUT2D eigenvalue weighted by molar-refractivity contribution is 5.99. The molecule has 1 heterocycles. The summed E-state index contributed by atoms with van der Waals surface area (Å²) < 4.78 is 16.4. The lowest BCUT2D eigenvalue weighted by Gasteiger charge is -2.18. The minimum atomic E-state index is -1.02. The maximum absolute atomic E-state index is 13.0. The first kappa shape index (κ1) is 25.6. The van der Waals surface area contributed by atoms with Gasteiger partial charge >= 0.3 is 11.9 Å². The normalized spacial score (nSPS) is 13.2. The van der Waals surface area contributed by atoms with Gasteiger partial charge in [0.25, 0.3) is 5.91 Å². The van der Waals surface area contributed by atoms with Crippen LogP contribution in [0.1, 0.15) is 48.3 Å². The fraction of sp³-hybridized carbons (Fsp3) is 0.241. The molecule has 37 heavy (non-hydrogen) atoms. The van der Waals surface area contributed by atoms with E-state index in [-0.39, 0.29) is 23.1 Å². The predicted molar refractivity (Wildman–Crippen MR) is 137 cm³/mol. The van der Waals surface area contributed by atoms with Gasteiger partial charge in [-0.3, -0.25) is 9.59 Å². The fourth-order valence-electron chi connectivity index (χ4n) is 3.75. The van der Waals surface area contributed by atoms with Gasteiger partial charge in [-0.15, -0.1) is 0 Å². The van der Waals surface area contributed by atoms with Crippen molar-refractivity contribution in [1.82, 2.24) is 10.3 Å². The predicted octanol–water partition coefficient (Wildman–Crippen LogP) is 4.55. The van der Waals surface area contributed by atoms with E-state index >= 15 is 0 Å². The molecule has 0 saturated heterocycles. The summed E-state index contributed by atoms with van der Waals surface area (Å²) in [7, 11) is 1.40. The van der Waals surface area contributed by atoms with Gasteiger partial charge in [-0.25, -0.2) is 9.78 Å². The summed E-state index contributed by atoms with van der Waals surface area (Å²) in [5.41, 5.74) is 2.38. The molecule has 1 amide bonds. The lowest BCUT2D eigenvalue weighted by atomic mass is 9.97. The number of benzene rings is 2. The molecule has 190 valence electrons. The Morgan fingerprint density at radius 3 is 2.08 bits per heavy atom. The first-order valence-corrected chi connectivity index (χ1v) is 12.0. The highest BCUT2D eigenvalue weighted by atomic mass is 16.6. The number of carbonyl (C=O) groups excluding carboxylic acids is 3. The van der Waals surface area contributed by atoms with Gasteiger partial charge in [-0.05, 0) is 37.8 Å². The third-order valence-electron chi connectivity index (χ3n) is 5.85. The second-order valence-corrected chi connectivity index (χ2v) is 8.67. The molecule has 1 atom stereocenters. The van der Waals surface area contributed by atoms with Crippen molar-refractivity contribution in [2.75, 3.05) is 7.11 Å². The molecule has 4 rings (SSSR count). The van der Waals surface area contributed by atoms with Crippen molar-refractivity contribution in [1.29, 1.82) is 0 Å². The Hall–Kier alpha value is -4.46. The summed E-state index contributed by atoms with van der Waals surface area (Å²) in [6.45, 7) is 3.22. The van der Waals surface area contributed by atoms with Crippen LogP contribution in [-0.4, -0.2) is 36.0 Å². The van der Waals surface area contributed by atoms with Gasteiger partial charge in [-0.2, -0.15) is 0 Å². The molecule has 1 N–H and O–H groups in total. The van der Waals surface area contributed by atoms with E-state index in [4.69, 9.17) is 14.2 Å². The average Bonchev–Trinajstić information content (AvgIpc) is 3.76. The van der Waals surface area contributed by atoms with Crippen LogP contribution < -0.4 is 14.8 Å². The molecule has 0 aliphatic heterocycles. The van der Waals surface area contributed by atoms with E-state index in [2.05, 4.69) is 10.3 Å². The minimum Gasteiger partial charge on any atom is -0.493 e. The Kier molecular flexibility index (Phi) is 7.98. The summed E-state index contributed by atoms with van der Waals surface area (Å²) >= 11 is 0. The quantitative estimate of drug-likeness (QED) is 0.340. The van der Waals surface area contributed by atoms with Gasteiger partial charge in [0, 0.05) is 17.8 Å². The SMILES string of the molecule is COc1ccnc(C(=O)N[C@@H](C)C(=O)OC(C)=C(c2ccccc2)c2ccccc2)c1OC(=O)C1CC1. The third kappa shape index (κ3) is 6.22. The van der Waals surface area contributed by atoms with Crippen LogP contribution in [0.4, 0.5) is 0 Å². The molecule has 0 spiro atoms. The van der Waals surface area contributed by atoms with Gasteiger partial charge in [0.1, 0.15) is 11.8 Å². The van der Waals surface area contributed by atoms with Crippen molar-refractivity contribution in [3.63, 3.8) is 0 Å². The van der Waals surface area contributed by atoms with Crippen LogP contribution in [0.3, 0.4) is 0 Å². The Bertz CT molecular complexity index is 1280. The van der Waals surface area contributed by atoms with Gasteiger partial charge in [0.05, 0.1) is 13.0 Å². The zero-order chi connectivity index (χ0) is 26.4. The van der Waals surface area contributed by atoms with Gasteiger partial charge in [-0.1, -0.05) is 60.7 Å². The molecule has 1 aliphatic carbocycles. The van der Waals surface area contributed by atoms with E-state index in [0.29, 0.717) is 5.76 Å². The standard InChI is InChI=1S/C29H28N2O6/c1-18(31-27(32)25-26(23(35-3)16-17-30-25)37-29(34)22-14-15-22)28(33)36-19(2)24(20-10-6-4-7-11-20)21-12-8-5-9-13-21/h4-13,16-18,22H,14-15H2,1-3H3,(H,31,32)/t18-/m0/s1. The van der Waals surface area contributed by atoms with Crippen molar-refractivity contribution in [2.24, 2.45) is 5.92 Å². The van der Waals surface area contributed by atoms with E-state index in [0.717, 1.165) is 29.5 Å². The molecular formula is C29H28N2O6. The molecule has 2 aromatic carbocycles. The molecule has 8 nitrogen and oxygen atoms in total. The van der Waals surface area contributed by atoms with Crippen LogP contribution in [0.25, 0.3) is 5.57 Å². The molecule has 1 fully saturated rings. The van der Waals surface area contributed by atoms with E-state index in [1.54, 1.807) is 6.92 Å². The lowest BCUT2D eigenvalue weighted by Crippen LogP contribution is -2.40. The lowest BCUT2D eigenvalue weighted by molar-refractivity contribution is -0.141. The van der Waals surface area contributed by atoms with E-state index < -0.39 is 23.9 Å². The number of nitrogens with zero attached hydrogens (tertiary/aromatic N) is 1. The van der Waals surface area contributed by atoms with Crippen LogP contribution in [0.15, 0.2) is 78.7 Å². The number of esters is 2. The van der Waals surface area contributed by atoms with Gasteiger partial charge in [0.2, 0.25) is 5.75 Å². The number of allylic oxidation sites excluding steroid dienone is 1. The second-order valence-electron chi connectivity index (χ2n) is 8.67. The van der Waals surface area contributed by atoms with Crippen molar-refractivity contribution in [3.05, 3.63) is 95.5 Å². The number of carbonyl (C=O) groups is 3. The number of aromatic nitrogens is 1. The highest BCUT2D eigenvalue weighted by Crippen LogP contribution is 2.35. The number of rotatable bonds is 9. The molecule has 1 aromatic heterocycles. The van der Waals surface area contributed by atoms with Crippen LogP contribution in [0.2, 0.25) is 0 Å². The number of pyridine rings is 1. The number of hydrogen-bond acceptors (Lipinski definition) is 7. The van der Waals surface area contributed by atoms with Crippen molar-refractivity contribution in [2.45, 2.75) is 32.7 Å². The molecule has 1 saturated carbocycles. The largest absolute Gasteiger partial charge is 0.493 e. The van der Waals surface area contributed by atoms with Gasteiger partial charge in [0.15, 0.2) is 11.4 Å². The van der Waals surface area contributed by atoms with E-state index in [1.165, 1.54) is 26.3 Å². The number of nitrogens with one attached hydrogen (secondary N) is 1. The number of hydrogen-bond donors (Lipinski definition) is 1. The maximum Gasteiger partial charge on any atom is 0.333 e. The molecule has 1 aliphatic rings. The third-order valence-corrected chi connectivity index (χ3v) is 5.85. The second kappa shape index (κ2) is 11.5. The summed E-state index contributed by atoms with van der Waals surface area (Å²) in [4.78, 5) is 42.3. The Morgan fingerprint density at radius 1 is 0.946 bits per heavy atom. The zero-order valence-corrected chi connectivity index (χ0v) is 20.9. The van der Waals surface area contributed by atoms with Gasteiger partial charge < -0.3 is 19.5 Å². The fourth-order valence-corrected chi connectivity index (χ4v) is 3.75. The summed E-state index contributed by atoms with van der Waals surface area (Å²) in [5.74, 6) is -1.48. The first-order chi connectivity index (χ1) is 17.9. The van der Waals surface area contributed by atoms with Crippen LogP contribution in [-0.2, 0) is 14.3 Å². The van der Waals surface area contributed by atoms with Crippen LogP contribution in [0, 0.1) is 5.92 Å². The summed E-state index contributed by atoms with van der Waals surface area (Å²) in [6, 6.07) is 19.7. The van der Waals surface area contributed by atoms with E-state index in [1.807, 2.05) is 60.7 Å². The summed E-state index contributed by atoms with van der Waals surface area (Å²) in [6.07, 6.45) is 2.85. The smallest absolute Gasteiger partial charge is 0.333 e. The number of amides is 1. The van der Waals surface area contributed by atoms with Crippen molar-refractivity contribution in [3.8, 4) is 11.5 Å². The molecule has 0 bridgehead atoms. The number of methoxy groups -OCH3 is 1. The van der Waals surface area contributed by atoms with Crippen LogP contribution >= 0.6 is 0 Å².